The molecule has 1 aromatic heterocycles. The number of thioether (sulfide) groups is 1. The molecule has 0 aliphatic carbocycles. The zero-order valence-corrected chi connectivity index (χ0v) is 24.2. The lowest BCUT2D eigenvalue weighted by atomic mass is 9.98. The predicted molar refractivity (Wildman–Crippen MR) is 162 cm³/mol. The van der Waals surface area contributed by atoms with E-state index in [4.69, 9.17) is 19.6 Å². The van der Waals surface area contributed by atoms with Crippen LogP contribution < -0.4 is 14.2 Å². The Hall–Kier alpha value is -3.89. The van der Waals surface area contributed by atoms with Crippen LogP contribution in [0.1, 0.15) is 48.6 Å². The number of amidine groups is 2. The summed E-state index contributed by atoms with van der Waals surface area (Å²) in [4.78, 5) is 17.9. The highest BCUT2D eigenvalue weighted by Gasteiger charge is 2.36. The third-order valence-corrected chi connectivity index (χ3v) is 8.50. The van der Waals surface area contributed by atoms with Gasteiger partial charge in [-0.3, -0.25) is 10.2 Å². The molecule has 0 spiro atoms. The van der Waals surface area contributed by atoms with Gasteiger partial charge in [-0.05, 0) is 70.9 Å². The first-order valence-electron chi connectivity index (χ1n) is 13.0. The quantitative estimate of drug-likeness (QED) is 0.200. The first-order valence-corrected chi connectivity index (χ1v) is 14.7. The van der Waals surface area contributed by atoms with E-state index in [1.165, 1.54) is 22.3 Å². The first kappa shape index (κ1) is 27.7. The molecule has 40 heavy (non-hydrogen) atoms. The van der Waals surface area contributed by atoms with Crippen LogP contribution in [0, 0.1) is 5.41 Å². The molecule has 2 aliphatic rings. The Morgan fingerprint density at radius 1 is 1.05 bits per heavy atom. The predicted octanol–water partition coefficient (Wildman–Crippen LogP) is 6.79. The summed E-state index contributed by atoms with van der Waals surface area (Å²) in [5.74, 6) is 2.01. The number of methoxy groups -OCH3 is 1. The van der Waals surface area contributed by atoms with Gasteiger partial charge in [0, 0.05) is 6.42 Å². The van der Waals surface area contributed by atoms with Crippen LogP contribution in [0.25, 0.3) is 6.08 Å². The molecule has 206 valence electrons. The van der Waals surface area contributed by atoms with Crippen molar-refractivity contribution in [2.75, 3.05) is 20.3 Å². The van der Waals surface area contributed by atoms with Gasteiger partial charge in [0.25, 0.3) is 5.91 Å². The summed E-state index contributed by atoms with van der Waals surface area (Å²) < 4.78 is 17.6. The van der Waals surface area contributed by atoms with Crippen LogP contribution in [0.4, 0.5) is 0 Å². The molecule has 1 amide bonds. The number of nitrogens with one attached hydrogen (secondary N) is 1. The summed E-state index contributed by atoms with van der Waals surface area (Å²) in [6.07, 6.45) is 3.39. The fourth-order valence-electron chi connectivity index (χ4n) is 4.21. The second-order valence-corrected chi connectivity index (χ2v) is 11.1. The minimum atomic E-state index is -0.472. The number of benzene rings is 2. The Bertz CT molecular complexity index is 1500. The number of para-hydroxylation sites is 1. The van der Waals surface area contributed by atoms with E-state index < -0.39 is 5.91 Å². The standard InChI is InChI=1S/C30H30N4O4S2/c1-4-19(2)21-9-5-6-10-23(21)37-14-8-15-38-24-13-12-20(18-25(24)36-3)17-22-27(31)34-30(32-28(22)35)40-29(33-34)26-11-7-16-39-26/h5-7,9-13,16-19,31H,4,8,14-15H2,1-3H3/b22-17-,31-27?/t19-/m1/s1. The highest BCUT2D eigenvalue weighted by molar-refractivity contribution is 8.27. The lowest BCUT2D eigenvalue weighted by molar-refractivity contribution is -0.114. The van der Waals surface area contributed by atoms with Crippen molar-refractivity contribution in [1.82, 2.24) is 5.01 Å². The van der Waals surface area contributed by atoms with E-state index in [1.807, 2.05) is 41.8 Å². The number of ether oxygens (including phenoxy) is 3. The van der Waals surface area contributed by atoms with Crippen LogP contribution in [0.15, 0.2) is 75.6 Å². The minimum Gasteiger partial charge on any atom is -0.493 e. The molecule has 0 unspecified atom stereocenters. The van der Waals surface area contributed by atoms with Crippen molar-refractivity contribution in [3.05, 3.63) is 81.6 Å². The number of nitrogens with zero attached hydrogens (tertiary/aromatic N) is 3. The summed E-state index contributed by atoms with van der Waals surface area (Å²) >= 11 is 2.84. The minimum absolute atomic E-state index is 0.0109. The average molecular weight is 575 g/mol. The molecule has 0 fully saturated rings. The number of carbonyl (C=O) groups excluding carboxylic acids is 1. The van der Waals surface area contributed by atoms with Gasteiger partial charge in [-0.2, -0.15) is 15.1 Å². The zero-order chi connectivity index (χ0) is 28.1. The highest BCUT2D eigenvalue weighted by Crippen LogP contribution is 2.34. The van der Waals surface area contributed by atoms with Gasteiger partial charge in [-0.15, -0.1) is 11.3 Å². The summed E-state index contributed by atoms with van der Waals surface area (Å²) in [5, 5.41) is 17.6. The first-order chi connectivity index (χ1) is 19.5. The van der Waals surface area contributed by atoms with Crippen LogP contribution in [-0.2, 0) is 4.79 Å². The van der Waals surface area contributed by atoms with Crippen molar-refractivity contribution < 1.29 is 19.0 Å². The number of fused-ring (bicyclic) bond motifs is 1. The molecule has 1 N–H and O–H groups in total. The number of thiophene rings is 1. The van der Waals surface area contributed by atoms with E-state index in [0.717, 1.165) is 22.1 Å². The fraction of sp³-hybridized carbons (Fsp3) is 0.267. The van der Waals surface area contributed by atoms with Gasteiger partial charge in [-0.25, -0.2) is 0 Å². The van der Waals surface area contributed by atoms with Crippen LogP contribution in [0.5, 0.6) is 17.2 Å². The summed E-state index contributed by atoms with van der Waals surface area (Å²) in [5.41, 5.74) is 2.07. The Morgan fingerprint density at radius 3 is 2.60 bits per heavy atom. The Kier molecular flexibility index (Phi) is 8.66. The second kappa shape index (κ2) is 12.5. The Balaban J connectivity index is 1.21. The van der Waals surface area contributed by atoms with E-state index in [1.54, 1.807) is 36.7 Å². The van der Waals surface area contributed by atoms with Gasteiger partial charge < -0.3 is 14.2 Å². The maximum absolute atomic E-state index is 12.8. The number of rotatable bonds is 11. The number of hydrazone groups is 1. The van der Waals surface area contributed by atoms with Crippen LogP contribution >= 0.6 is 23.1 Å². The molecule has 5 rings (SSSR count). The molecule has 0 radical (unpaired) electrons. The summed E-state index contributed by atoms with van der Waals surface area (Å²) in [6, 6.07) is 17.5. The van der Waals surface area contributed by atoms with Crippen molar-refractivity contribution in [2.45, 2.75) is 32.6 Å². The van der Waals surface area contributed by atoms with Crippen molar-refractivity contribution in [3.63, 3.8) is 0 Å². The topological polar surface area (TPSA) is 96.6 Å². The van der Waals surface area contributed by atoms with Gasteiger partial charge in [-0.1, -0.05) is 44.2 Å². The SMILES string of the molecule is CC[C@@H](C)c1ccccc1OCCCOc1ccc(/C=C2/C(=N)N3N=C(c4cccs4)SC3=NC2=O)cc1OC. The molecule has 3 aromatic rings. The van der Waals surface area contributed by atoms with E-state index in [2.05, 4.69) is 30.0 Å². The molecule has 0 bridgehead atoms. The molecule has 2 aliphatic heterocycles. The fourth-order valence-corrected chi connectivity index (χ4v) is 5.90. The maximum Gasteiger partial charge on any atom is 0.283 e. The van der Waals surface area contributed by atoms with E-state index in [-0.39, 0.29) is 11.4 Å². The second-order valence-electron chi connectivity index (χ2n) is 9.21. The van der Waals surface area contributed by atoms with Crippen LogP contribution in [0.3, 0.4) is 0 Å². The van der Waals surface area contributed by atoms with Gasteiger partial charge >= 0.3 is 0 Å². The van der Waals surface area contributed by atoms with Crippen LogP contribution in [-0.4, -0.2) is 47.3 Å². The average Bonchev–Trinajstić information content (AvgIpc) is 3.66. The number of amides is 1. The molecule has 3 heterocycles. The smallest absolute Gasteiger partial charge is 0.283 e. The Labute approximate surface area is 241 Å². The van der Waals surface area contributed by atoms with Crippen molar-refractivity contribution in [3.8, 4) is 17.2 Å². The third-order valence-electron chi connectivity index (χ3n) is 6.55. The Morgan fingerprint density at radius 2 is 1.85 bits per heavy atom. The number of aliphatic imine (C=N–C) groups is 1. The monoisotopic (exact) mass is 574 g/mol. The lowest BCUT2D eigenvalue weighted by Crippen LogP contribution is -2.35. The van der Waals surface area contributed by atoms with Crippen molar-refractivity contribution in [2.24, 2.45) is 10.1 Å². The number of carbonyl (C=O) groups is 1. The molecule has 8 nitrogen and oxygen atoms in total. The maximum atomic E-state index is 12.8. The van der Waals surface area contributed by atoms with Gasteiger partial charge in [0.05, 0.1) is 30.8 Å². The van der Waals surface area contributed by atoms with Gasteiger partial charge in [0.2, 0.25) is 5.17 Å². The van der Waals surface area contributed by atoms with E-state index >= 15 is 0 Å². The summed E-state index contributed by atoms with van der Waals surface area (Å²) in [7, 11) is 1.57. The zero-order valence-electron chi connectivity index (χ0n) is 22.5. The molecule has 10 heteroatoms. The van der Waals surface area contributed by atoms with Gasteiger partial charge in [0.1, 0.15) is 10.8 Å². The highest BCUT2D eigenvalue weighted by atomic mass is 32.2. The van der Waals surface area contributed by atoms with Gasteiger partial charge in [0.15, 0.2) is 17.3 Å². The normalized spacial score (nSPS) is 16.5. The van der Waals surface area contributed by atoms with E-state index in [0.29, 0.717) is 47.8 Å². The third kappa shape index (κ3) is 5.97. The largest absolute Gasteiger partial charge is 0.493 e. The number of hydrogen-bond donors (Lipinski definition) is 1. The number of hydrogen-bond acceptors (Lipinski definition) is 8. The van der Waals surface area contributed by atoms with Crippen molar-refractivity contribution in [1.29, 1.82) is 5.41 Å². The molecular weight excluding hydrogens is 544 g/mol. The molecular formula is C30H30N4O4S2. The van der Waals surface area contributed by atoms with Crippen molar-refractivity contribution >= 4 is 51.1 Å². The summed E-state index contributed by atoms with van der Waals surface area (Å²) in [6.45, 7) is 5.38. The lowest BCUT2D eigenvalue weighted by Gasteiger charge is -2.20. The molecule has 2 aromatic carbocycles. The molecule has 1 atom stereocenters. The molecule has 0 saturated heterocycles. The van der Waals surface area contributed by atoms with E-state index in [9.17, 15) is 4.79 Å². The van der Waals surface area contributed by atoms with Crippen LogP contribution in [0.2, 0.25) is 0 Å². The molecule has 0 saturated carbocycles.